The van der Waals surface area contributed by atoms with E-state index in [0.29, 0.717) is 6.42 Å². The molecule has 0 amide bonds. The van der Waals surface area contributed by atoms with Crippen LogP contribution in [0, 0.1) is 0 Å². The standard InChI is InChI=1S/C24H46NO8P/c1-2-3-4-5-6-7-8-9-10-11-12-13-14-15-16-18-23(26)31-19-17-20-32-34(29,30)33-21-22(25)24(27)28/h9-10,22H,2-8,11-21,25H2,1H3,(H,27,28)(H,29,30)/b10-9-/t22-/m0/s1. The Kier molecular flexibility index (Phi) is 21.4. The summed E-state index contributed by atoms with van der Waals surface area (Å²) in [4.78, 5) is 31.6. The lowest BCUT2D eigenvalue weighted by Crippen LogP contribution is -2.34. The van der Waals surface area contributed by atoms with Crippen LogP contribution in [0.3, 0.4) is 0 Å². The maximum Gasteiger partial charge on any atom is 0.472 e. The van der Waals surface area contributed by atoms with Crippen molar-refractivity contribution in [3.05, 3.63) is 12.2 Å². The van der Waals surface area contributed by atoms with Gasteiger partial charge in [0.25, 0.3) is 0 Å². The van der Waals surface area contributed by atoms with Gasteiger partial charge in [-0.2, -0.15) is 0 Å². The lowest BCUT2D eigenvalue weighted by molar-refractivity contribution is -0.144. The second-order valence-corrected chi connectivity index (χ2v) is 9.90. The largest absolute Gasteiger partial charge is 0.480 e. The van der Waals surface area contributed by atoms with Gasteiger partial charge in [0.15, 0.2) is 0 Å². The summed E-state index contributed by atoms with van der Waals surface area (Å²) in [5.41, 5.74) is 5.18. The van der Waals surface area contributed by atoms with E-state index in [2.05, 4.69) is 28.1 Å². The summed E-state index contributed by atoms with van der Waals surface area (Å²) in [6.07, 6.45) is 20.7. The number of carbonyl (C=O) groups excluding carboxylic acids is 1. The summed E-state index contributed by atoms with van der Waals surface area (Å²) in [7, 11) is -4.38. The van der Waals surface area contributed by atoms with E-state index in [1.54, 1.807) is 0 Å². The van der Waals surface area contributed by atoms with Gasteiger partial charge in [-0.3, -0.25) is 18.6 Å². The molecule has 0 aromatic carbocycles. The number of allylic oxidation sites excluding steroid dienone is 2. The predicted octanol–water partition coefficient (Wildman–Crippen LogP) is 5.50. The fourth-order valence-corrected chi connectivity index (χ4v) is 3.90. The van der Waals surface area contributed by atoms with E-state index in [1.165, 1.54) is 51.4 Å². The molecule has 2 atom stereocenters. The Morgan fingerprint density at radius 2 is 1.41 bits per heavy atom. The molecule has 0 aliphatic rings. The molecule has 0 spiro atoms. The van der Waals surface area contributed by atoms with Gasteiger partial charge in [-0.25, -0.2) is 4.57 Å². The number of unbranched alkanes of at least 4 members (excludes halogenated alkanes) is 11. The number of ether oxygens (including phenoxy) is 1. The molecule has 9 nitrogen and oxygen atoms in total. The maximum atomic E-state index is 11.7. The van der Waals surface area contributed by atoms with Crippen molar-refractivity contribution < 1.29 is 37.9 Å². The highest BCUT2D eigenvalue weighted by Gasteiger charge is 2.24. The number of rotatable bonds is 24. The topological polar surface area (TPSA) is 145 Å². The molecule has 0 aromatic rings. The van der Waals surface area contributed by atoms with Gasteiger partial charge in [0.2, 0.25) is 0 Å². The molecule has 0 aromatic heterocycles. The molecular weight excluding hydrogens is 461 g/mol. The monoisotopic (exact) mass is 507 g/mol. The van der Waals surface area contributed by atoms with Crippen molar-refractivity contribution in [1.82, 2.24) is 0 Å². The molecule has 0 saturated heterocycles. The predicted molar refractivity (Wildman–Crippen MR) is 132 cm³/mol. The van der Waals surface area contributed by atoms with Crippen molar-refractivity contribution in [2.24, 2.45) is 5.73 Å². The van der Waals surface area contributed by atoms with Crippen LogP contribution < -0.4 is 5.73 Å². The Hall–Kier alpha value is -1.25. The lowest BCUT2D eigenvalue weighted by Gasteiger charge is -2.13. The molecule has 0 radical (unpaired) electrons. The third-order valence-electron chi connectivity index (χ3n) is 5.18. The summed E-state index contributed by atoms with van der Waals surface area (Å²) < 4.78 is 25.8. The number of hydrogen-bond donors (Lipinski definition) is 3. The van der Waals surface area contributed by atoms with E-state index in [1.807, 2.05) is 0 Å². The number of nitrogens with two attached hydrogens (primary N) is 1. The van der Waals surface area contributed by atoms with Crippen LogP contribution in [0.4, 0.5) is 0 Å². The summed E-state index contributed by atoms with van der Waals surface area (Å²) in [5.74, 6) is -1.65. The number of aliphatic carboxylic acids is 1. The lowest BCUT2D eigenvalue weighted by atomic mass is 10.1. The SMILES string of the molecule is CCCCCCCC/C=C\CCCCCCCC(=O)OCCCOP(=O)(O)OC[C@H](N)C(=O)O. The number of hydrogen-bond acceptors (Lipinski definition) is 7. The highest BCUT2D eigenvalue weighted by Crippen LogP contribution is 2.43. The summed E-state index contributed by atoms with van der Waals surface area (Å²) in [6, 6.07) is -1.42. The van der Waals surface area contributed by atoms with Crippen molar-refractivity contribution in [2.75, 3.05) is 19.8 Å². The maximum absolute atomic E-state index is 11.7. The van der Waals surface area contributed by atoms with E-state index in [-0.39, 0.29) is 25.6 Å². The third-order valence-corrected chi connectivity index (χ3v) is 6.17. The van der Waals surface area contributed by atoms with Gasteiger partial charge in [0.1, 0.15) is 6.04 Å². The molecule has 4 N–H and O–H groups in total. The first-order chi connectivity index (χ1) is 16.3. The fourth-order valence-electron chi connectivity index (χ4n) is 3.12. The van der Waals surface area contributed by atoms with E-state index in [4.69, 9.17) is 15.6 Å². The molecular formula is C24H46NO8P. The molecule has 0 bridgehead atoms. The number of carbonyl (C=O) groups is 2. The number of carboxylic acid groups (broad SMARTS) is 1. The average molecular weight is 508 g/mol. The second-order valence-electron chi connectivity index (χ2n) is 8.45. The van der Waals surface area contributed by atoms with Crippen LogP contribution in [0.5, 0.6) is 0 Å². The van der Waals surface area contributed by atoms with Crippen molar-refractivity contribution in [3.63, 3.8) is 0 Å². The molecule has 0 heterocycles. The Bertz CT molecular complexity index is 600. The molecule has 0 fully saturated rings. The first-order valence-electron chi connectivity index (χ1n) is 12.7. The van der Waals surface area contributed by atoms with Crippen LogP contribution in [0.25, 0.3) is 0 Å². The van der Waals surface area contributed by atoms with E-state index < -0.39 is 26.4 Å². The van der Waals surface area contributed by atoms with Gasteiger partial charge in [0, 0.05) is 12.8 Å². The molecule has 0 aliphatic heterocycles. The summed E-state index contributed by atoms with van der Waals surface area (Å²) in [5, 5.41) is 8.59. The minimum atomic E-state index is -4.38. The van der Waals surface area contributed by atoms with Crippen LogP contribution in [0.15, 0.2) is 12.2 Å². The van der Waals surface area contributed by atoms with E-state index in [9.17, 15) is 19.0 Å². The fraction of sp³-hybridized carbons (Fsp3) is 0.833. The van der Waals surface area contributed by atoms with Crippen LogP contribution in [-0.4, -0.2) is 47.8 Å². The Balaban J connectivity index is 3.47. The van der Waals surface area contributed by atoms with Gasteiger partial charge in [-0.05, 0) is 32.1 Å². The first kappa shape index (κ1) is 32.8. The van der Waals surface area contributed by atoms with Crippen molar-refractivity contribution >= 4 is 19.8 Å². The van der Waals surface area contributed by atoms with Crippen molar-refractivity contribution in [3.8, 4) is 0 Å². The van der Waals surface area contributed by atoms with Crippen LogP contribution in [0.2, 0.25) is 0 Å². The van der Waals surface area contributed by atoms with Crippen LogP contribution in [0.1, 0.15) is 103 Å². The molecule has 200 valence electrons. The van der Waals surface area contributed by atoms with Crippen molar-refractivity contribution in [2.45, 2.75) is 109 Å². The van der Waals surface area contributed by atoms with Crippen LogP contribution in [-0.2, 0) is 27.9 Å². The molecule has 1 unspecified atom stereocenters. The minimum Gasteiger partial charge on any atom is -0.480 e. The zero-order chi connectivity index (χ0) is 25.5. The zero-order valence-corrected chi connectivity index (χ0v) is 21.7. The van der Waals surface area contributed by atoms with E-state index in [0.717, 1.165) is 32.1 Å². The van der Waals surface area contributed by atoms with Gasteiger partial charge >= 0.3 is 19.8 Å². The third kappa shape index (κ3) is 22.5. The Morgan fingerprint density at radius 1 is 0.853 bits per heavy atom. The van der Waals surface area contributed by atoms with Gasteiger partial charge in [-0.1, -0.05) is 70.4 Å². The zero-order valence-electron chi connectivity index (χ0n) is 20.8. The Labute approximate surface area is 205 Å². The Morgan fingerprint density at radius 3 is 2.00 bits per heavy atom. The minimum absolute atomic E-state index is 0.0680. The number of esters is 1. The molecule has 34 heavy (non-hydrogen) atoms. The quantitative estimate of drug-likeness (QED) is 0.0667. The average Bonchev–Trinajstić information content (AvgIpc) is 2.79. The van der Waals surface area contributed by atoms with Crippen LogP contribution >= 0.6 is 7.82 Å². The van der Waals surface area contributed by atoms with Gasteiger partial charge < -0.3 is 20.5 Å². The molecule has 0 aliphatic carbocycles. The van der Waals surface area contributed by atoms with Crippen molar-refractivity contribution in [1.29, 1.82) is 0 Å². The normalized spacial score (nSPS) is 14.2. The molecule has 0 saturated carbocycles. The van der Waals surface area contributed by atoms with Gasteiger partial charge in [-0.15, -0.1) is 0 Å². The highest BCUT2D eigenvalue weighted by atomic mass is 31.2. The molecule has 0 rings (SSSR count). The number of phosphoric acid groups is 1. The summed E-state index contributed by atoms with van der Waals surface area (Å²) >= 11 is 0. The second kappa shape index (κ2) is 22.2. The first-order valence-corrected chi connectivity index (χ1v) is 14.2. The number of phosphoric ester groups is 1. The summed E-state index contributed by atoms with van der Waals surface area (Å²) in [6.45, 7) is 1.49. The molecule has 10 heteroatoms. The smallest absolute Gasteiger partial charge is 0.472 e. The highest BCUT2D eigenvalue weighted by molar-refractivity contribution is 7.47. The van der Waals surface area contributed by atoms with E-state index >= 15 is 0 Å². The van der Waals surface area contributed by atoms with Gasteiger partial charge in [0.05, 0.1) is 19.8 Å². The number of carboxylic acids is 1.